The summed E-state index contributed by atoms with van der Waals surface area (Å²) in [7, 11) is 0. The number of halogens is 3. The summed E-state index contributed by atoms with van der Waals surface area (Å²) < 4.78 is 46.1. The monoisotopic (exact) mass is 355 g/mol. The second kappa shape index (κ2) is 5.64. The van der Waals surface area contributed by atoms with Gasteiger partial charge < -0.3 is 14.2 Å². The molecule has 0 N–H and O–H groups in total. The molecular weight excluding hydrogens is 335 g/mol. The molecule has 1 aliphatic heterocycles. The van der Waals surface area contributed by atoms with Gasteiger partial charge in [0.15, 0.2) is 0 Å². The molecule has 1 aliphatic rings. The highest BCUT2D eigenvalue weighted by molar-refractivity contribution is 5.83. The van der Waals surface area contributed by atoms with Crippen molar-refractivity contribution in [1.82, 2.24) is 14.5 Å². The fourth-order valence-corrected chi connectivity index (χ4v) is 3.00. The van der Waals surface area contributed by atoms with Gasteiger partial charge in [0.1, 0.15) is 11.2 Å². The van der Waals surface area contributed by atoms with Crippen molar-refractivity contribution < 1.29 is 22.7 Å². The number of ether oxygens (including phenoxy) is 1. The van der Waals surface area contributed by atoms with E-state index in [2.05, 4.69) is 4.98 Å². The maximum atomic E-state index is 12.9. The van der Waals surface area contributed by atoms with E-state index in [1.807, 2.05) is 4.57 Å². The molecule has 0 fully saturated rings. The SMILES string of the molecule is Cc1c2n(c3ncc(C(F)(F)F)cc13)CCN(C(=O)OC(C)(C)C)C2. The van der Waals surface area contributed by atoms with Crippen LogP contribution in [0.5, 0.6) is 0 Å². The number of pyridine rings is 1. The van der Waals surface area contributed by atoms with Crippen LogP contribution in [0.25, 0.3) is 11.0 Å². The molecule has 136 valence electrons. The number of fused-ring (bicyclic) bond motifs is 3. The maximum Gasteiger partial charge on any atom is 0.417 e. The van der Waals surface area contributed by atoms with Crippen LogP contribution >= 0.6 is 0 Å². The molecule has 0 atom stereocenters. The molecule has 3 heterocycles. The number of nitrogens with zero attached hydrogens (tertiary/aromatic N) is 3. The van der Waals surface area contributed by atoms with Crippen molar-refractivity contribution in [2.75, 3.05) is 6.54 Å². The van der Waals surface area contributed by atoms with Crippen LogP contribution in [-0.2, 0) is 24.0 Å². The Labute approximate surface area is 143 Å². The average molecular weight is 355 g/mol. The minimum absolute atomic E-state index is 0.290. The minimum atomic E-state index is -4.43. The number of aromatic nitrogens is 2. The Balaban J connectivity index is 1.96. The quantitative estimate of drug-likeness (QED) is 0.714. The second-order valence-electron chi connectivity index (χ2n) is 7.22. The Hall–Kier alpha value is -2.25. The molecule has 0 aliphatic carbocycles. The lowest BCUT2D eigenvalue weighted by Gasteiger charge is -2.31. The fraction of sp³-hybridized carbons (Fsp3) is 0.529. The van der Waals surface area contributed by atoms with Crippen LogP contribution in [0.3, 0.4) is 0 Å². The molecule has 5 nitrogen and oxygen atoms in total. The molecule has 0 saturated carbocycles. The third-order valence-electron chi connectivity index (χ3n) is 4.20. The molecule has 25 heavy (non-hydrogen) atoms. The summed E-state index contributed by atoms with van der Waals surface area (Å²) in [5.41, 5.74) is 0.652. The van der Waals surface area contributed by atoms with Crippen LogP contribution in [-0.4, -0.2) is 32.7 Å². The third-order valence-corrected chi connectivity index (χ3v) is 4.20. The second-order valence-corrected chi connectivity index (χ2v) is 7.22. The van der Waals surface area contributed by atoms with Gasteiger partial charge in [-0.1, -0.05) is 0 Å². The van der Waals surface area contributed by atoms with Crippen LogP contribution in [0.2, 0.25) is 0 Å². The molecule has 2 aromatic rings. The van der Waals surface area contributed by atoms with Gasteiger partial charge >= 0.3 is 12.3 Å². The van der Waals surface area contributed by atoms with Gasteiger partial charge in [0.2, 0.25) is 0 Å². The number of amides is 1. The van der Waals surface area contributed by atoms with Crippen molar-refractivity contribution in [3.8, 4) is 0 Å². The van der Waals surface area contributed by atoms with Gasteiger partial charge in [-0.25, -0.2) is 9.78 Å². The first-order chi connectivity index (χ1) is 11.5. The lowest BCUT2D eigenvalue weighted by Crippen LogP contribution is -2.41. The zero-order valence-electron chi connectivity index (χ0n) is 14.6. The van der Waals surface area contributed by atoms with E-state index in [0.29, 0.717) is 36.2 Å². The first-order valence-corrected chi connectivity index (χ1v) is 8.00. The van der Waals surface area contributed by atoms with E-state index in [0.717, 1.165) is 18.0 Å². The van der Waals surface area contributed by atoms with Crippen LogP contribution in [0.1, 0.15) is 37.6 Å². The molecule has 1 amide bonds. The number of aryl methyl sites for hydroxylation is 1. The molecule has 0 bridgehead atoms. The predicted octanol–water partition coefficient (Wildman–Crippen LogP) is 4.11. The summed E-state index contributed by atoms with van der Waals surface area (Å²) >= 11 is 0. The largest absolute Gasteiger partial charge is 0.444 e. The predicted molar refractivity (Wildman–Crippen MR) is 86.1 cm³/mol. The first kappa shape index (κ1) is 17.6. The molecule has 2 aromatic heterocycles. The number of hydrogen-bond donors (Lipinski definition) is 0. The molecule has 0 aromatic carbocycles. The van der Waals surface area contributed by atoms with Crippen LogP contribution in [0.4, 0.5) is 18.0 Å². The summed E-state index contributed by atoms with van der Waals surface area (Å²) in [4.78, 5) is 17.9. The Bertz CT molecular complexity index is 834. The standard InChI is InChI=1S/C17H20F3N3O2/c1-10-12-7-11(17(18,19)20)8-21-14(12)23-6-5-22(9-13(10)23)15(24)25-16(2,3)4/h7-8H,5-6,9H2,1-4H3. The van der Waals surface area contributed by atoms with E-state index in [9.17, 15) is 18.0 Å². The van der Waals surface area contributed by atoms with Gasteiger partial charge in [-0.15, -0.1) is 0 Å². The molecule has 0 unspecified atom stereocenters. The van der Waals surface area contributed by atoms with Gasteiger partial charge in [-0.3, -0.25) is 0 Å². The summed E-state index contributed by atoms with van der Waals surface area (Å²) in [5.74, 6) is 0. The Morgan fingerprint density at radius 3 is 2.52 bits per heavy atom. The Kier molecular flexibility index (Phi) is 3.96. The van der Waals surface area contributed by atoms with E-state index in [4.69, 9.17) is 4.74 Å². The van der Waals surface area contributed by atoms with E-state index in [-0.39, 0.29) is 0 Å². The zero-order chi connectivity index (χ0) is 18.6. The van der Waals surface area contributed by atoms with Gasteiger partial charge in [0, 0.05) is 30.4 Å². The topological polar surface area (TPSA) is 47.4 Å². The number of rotatable bonds is 0. The number of carbonyl (C=O) groups excluding carboxylic acids is 1. The highest BCUT2D eigenvalue weighted by atomic mass is 19.4. The third kappa shape index (κ3) is 3.29. The smallest absolute Gasteiger partial charge is 0.417 e. The van der Waals surface area contributed by atoms with Crippen molar-refractivity contribution in [3.05, 3.63) is 29.1 Å². The lowest BCUT2D eigenvalue weighted by molar-refractivity contribution is -0.137. The van der Waals surface area contributed by atoms with Crippen molar-refractivity contribution in [2.24, 2.45) is 0 Å². The first-order valence-electron chi connectivity index (χ1n) is 8.00. The van der Waals surface area contributed by atoms with Crippen molar-refractivity contribution in [2.45, 2.75) is 52.6 Å². The Morgan fingerprint density at radius 2 is 1.92 bits per heavy atom. The van der Waals surface area contributed by atoms with E-state index >= 15 is 0 Å². The summed E-state index contributed by atoms with van der Waals surface area (Å²) in [5, 5.41) is 0.468. The van der Waals surface area contributed by atoms with Gasteiger partial charge in [-0.2, -0.15) is 13.2 Å². The molecule has 3 rings (SSSR count). The lowest BCUT2D eigenvalue weighted by atomic mass is 10.1. The summed E-state index contributed by atoms with van der Waals surface area (Å²) in [6.07, 6.45) is -4.00. The van der Waals surface area contributed by atoms with Crippen LogP contribution < -0.4 is 0 Å². The summed E-state index contributed by atoms with van der Waals surface area (Å²) in [6.45, 7) is 8.32. The van der Waals surface area contributed by atoms with Crippen LogP contribution in [0, 0.1) is 6.92 Å². The molecule has 8 heteroatoms. The van der Waals surface area contributed by atoms with E-state index in [1.165, 1.54) is 0 Å². The average Bonchev–Trinajstić information content (AvgIpc) is 2.77. The van der Waals surface area contributed by atoms with Crippen molar-refractivity contribution in [1.29, 1.82) is 0 Å². The van der Waals surface area contributed by atoms with E-state index < -0.39 is 23.4 Å². The normalized spacial score (nSPS) is 15.4. The summed E-state index contributed by atoms with van der Waals surface area (Å²) in [6, 6.07) is 1.13. The van der Waals surface area contributed by atoms with Gasteiger partial charge in [0.25, 0.3) is 0 Å². The van der Waals surface area contributed by atoms with Crippen LogP contribution in [0.15, 0.2) is 12.3 Å². The van der Waals surface area contributed by atoms with Crippen molar-refractivity contribution >= 4 is 17.1 Å². The Morgan fingerprint density at radius 1 is 1.24 bits per heavy atom. The molecular formula is C17H20F3N3O2. The molecule has 0 saturated heterocycles. The fourth-order valence-electron chi connectivity index (χ4n) is 3.00. The number of alkyl halides is 3. The number of carbonyl (C=O) groups is 1. The van der Waals surface area contributed by atoms with E-state index in [1.54, 1.807) is 32.6 Å². The maximum absolute atomic E-state index is 12.9. The highest BCUT2D eigenvalue weighted by Crippen LogP contribution is 2.34. The zero-order valence-corrected chi connectivity index (χ0v) is 14.6. The molecule has 0 spiro atoms. The highest BCUT2D eigenvalue weighted by Gasteiger charge is 2.33. The minimum Gasteiger partial charge on any atom is -0.444 e. The van der Waals surface area contributed by atoms with Gasteiger partial charge in [-0.05, 0) is 39.3 Å². The number of hydrogen-bond acceptors (Lipinski definition) is 3. The van der Waals surface area contributed by atoms with Gasteiger partial charge in [0.05, 0.1) is 12.1 Å². The molecule has 0 radical (unpaired) electrons. The van der Waals surface area contributed by atoms with Crippen molar-refractivity contribution in [3.63, 3.8) is 0 Å².